The fraction of sp³-hybridized carbons (Fsp3) is 0.625. The van der Waals surface area contributed by atoms with E-state index in [9.17, 15) is 9.90 Å². The number of esters is 1. The maximum Gasteiger partial charge on any atom is 0.340 e. The third-order valence-corrected chi connectivity index (χ3v) is 8.43. The minimum absolute atomic E-state index is 0.237. The molecule has 5 rings (SSSR count). The number of anilines is 1. The van der Waals surface area contributed by atoms with Crippen molar-refractivity contribution >= 4 is 11.7 Å². The van der Waals surface area contributed by atoms with Crippen molar-refractivity contribution < 1.29 is 19.4 Å². The van der Waals surface area contributed by atoms with Gasteiger partial charge in [0.1, 0.15) is 5.75 Å². The predicted octanol–water partition coefficient (Wildman–Crippen LogP) is 2.49. The van der Waals surface area contributed by atoms with Crippen LogP contribution in [-0.4, -0.2) is 68.0 Å². The van der Waals surface area contributed by atoms with Crippen LogP contribution in [0.1, 0.15) is 38.2 Å². The van der Waals surface area contributed by atoms with E-state index in [2.05, 4.69) is 34.9 Å². The van der Waals surface area contributed by atoms with Gasteiger partial charge in [0.25, 0.3) is 0 Å². The second kappa shape index (κ2) is 6.47. The molecule has 5 atom stereocenters. The SMILES string of the molecule is CC[C@]12C=CCN3CCC[C@@]4(c5ccc(OC)cc5N(C)[C@H]4[C@@](O)(C(=O)OC)C1)[C@H]32. The summed E-state index contributed by atoms with van der Waals surface area (Å²) in [5, 5.41) is 12.1. The molecular formula is C24H32N2O4. The molecule has 0 unspecified atom stereocenters. The molecule has 0 aromatic heterocycles. The number of carbonyl (C=O) groups excluding carboxylic acids is 1. The number of nitrogens with zero attached hydrogens (tertiary/aromatic N) is 2. The van der Waals surface area contributed by atoms with Crippen LogP contribution in [0.25, 0.3) is 0 Å². The Bertz CT molecular complexity index is 916. The summed E-state index contributed by atoms with van der Waals surface area (Å²) in [6.45, 7) is 4.16. The third kappa shape index (κ3) is 2.19. The Morgan fingerprint density at radius 1 is 1.30 bits per heavy atom. The zero-order valence-corrected chi connectivity index (χ0v) is 18.4. The molecule has 30 heavy (non-hydrogen) atoms. The second-order valence-electron chi connectivity index (χ2n) is 9.52. The molecule has 1 saturated carbocycles. The number of rotatable bonds is 3. The molecule has 6 heteroatoms. The number of carbonyl (C=O) groups is 1. The Morgan fingerprint density at radius 2 is 2.10 bits per heavy atom. The summed E-state index contributed by atoms with van der Waals surface area (Å²) in [6.07, 6.45) is 7.74. The van der Waals surface area contributed by atoms with Crippen molar-refractivity contribution in [2.24, 2.45) is 5.41 Å². The highest BCUT2D eigenvalue weighted by atomic mass is 16.5. The first-order valence-electron chi connectivity index (χ1n) is 11.0. The van der Waals surface area contributed by atoms with Crippen molar-refractivity contribution in [1.29, 1.82) is 0 Å². The molecule has 6 nitrogen and oxygen atoms in total. The number of benzene rings is 1. The molecule has 4 aliphatic rings. The zero-order chi connectivity index (χ0) is 21.3. The summed E-state index contributed by atoms with van der Waals surface area (Å²) < 4.78 is 10.7. The zero-order valence-electron chi connectivity index (χ0n) is 18.4. The topological polar surface area (TPSA) is 62.2 Å². The van der Waals surface area contributed by atoms with Crippen LogP contribution in [0, 0.1) is 5.41 Å². The molecule has 2 fully saturated rings. The third-order valence-electron chi connectivity index (χ3n) is 8.43. The quantitative estimate of drug-likeness (QED) is 0.608. The number of methoxy groups -OCH3 is 2. The molecule has 0 radical (unpaired) electrons. The number of hydrogen-bond acceptors (Lipinski definition) is 6. The second-order valence-corrected chi connectivity index (χ2v) is 9.52. The summed E-state index contributed by atoms with van der Waals surface area (Å²) in [4.78, 5) is 17.9. The maximum atomic E-state index is 13.2. The average Bonchev–Trinajstić information content (AvgIpc) is 3.01. The van der Waals surface area contributed by atoms with Gasteiger partial charge in [-0.15, -0.1) is 0 Å². The molecule has 1 aliphatic carbocycles. The Balaban J connectivity index is 1.83. The van der Waals surface area contributed by atoms with Gasteiger partial charge in [0.05, 0.1) is 20.3 Å². The number of ether oxygens (including phenoxy) is 2. The van der Waals surface area contributed by atoms with Crippen LogP contribution in [0.3, 0.4) is 0 Å². The first-order chi connectivity index (χ1) is 14.4. The Labute approximate surface area is 178 Å². The van der Waals surface area contributed by atoms with E-state index in [0.717, 1.165) is 43.8 Å². The number of fused-ring (bicyclic) bond motifs is 1. The fourth-order valence-corrected chi connectivity index (χ4v) is 7.57. The molecule has 1 aromatic carbocycles. The van der Waals surface area contributed by atoms with Gasteiger partial charge in [-0.25, -0.2) is 4.79 Å². The van der Waals surface area contributed by atoms with Crippen LogP contribution in [0.15, 0.2) is 30.4 Å². The number of likely N-dealkylation sites (N-methyl/N-ethyl adjacent to an activating group) is 1. The van der Waals surface area contributed by atoms with E-state index in [1.807, 2.05) is 19.2 Å². The van der Waals surface area contributed by atoms with E-state index in [1.165, 1.54) is 12.7 Å². The van der Waals surface area contributed by atoms with Gasteiger partial charge in [0, 0.05) is 42.2 Å². The van der Waals surface area contributed by atoms with Gasteiger partial charge >= 0.3 is 5.97 Å². The molecule has 1 spiro atoms. The van der Waals surface area contributed by atoms with Gasteiger partial charge in [0.15, 0.2) is 5.60 Å². The molecular weight excluding hydrogens is 380 g/mol. The summed E-state index contributed by atoms with van der Waals surface area (Å²) >= 11 is 0. The lowest BCUT2D eigenvalue weighted by molar-refractivity contribution is -0.189. The van der Waals surface area contributed by atoms with Gasteiger partial charge in [-0.05, 0) is 43.9 Å². The van der Waals surface area contributed by atoms with Crippen LogP contribution < -0.4 is 9.64 Å². The van der Waals surface area contributed by atoms with Crippen molar-refractivity contribution in [1.82, 2.24) is 4.90 Å². The maximum absolute atomic E-state index is 13.2. The van der Waals surface area contributed by atoms with Crippen LogP contribution in [-0.2, 0) is 14.9 Å². The number of piperidine rings is 1. The highest BCUT2D eigenvalue weighted by Crippen LogP contribution is 2.66. The van der Waals surface area contributed by atoms with E-state index in [0.29, 0.717) is 6.42 Å². The summed E-state index contributed by atoms with van der Waals surface area (Å²) in [5.41, 5.74) is 0.0509. The van der Waals surface area contributed by atoms with E-state index in [4.69, 9.17) is 9.47 Å². The van der Waals surface area contributed by atoms with Gasteiger partial charge < -0.3 is 19.5 Å². The van der Waals surface area contributed by atoms with Crippen LogP contribution in [0.2, 0.25) is 0 Å². The first-order valence-corrected chi connectivity index (χ1v) is 11.0. The monoisotopic (exact) mass is 412 g/mol. The lowest BCUT2D eigenvalue weighted by Crippen LogP contribution is -2.78. The Morgan fingerprint density at radius 3 is 2.80 bits per heavy atom. The lowest BCUT2D eigenvalue weighted by Gasteiger charge is -2.66. The standard InChI is InChI=1S/C24H32N2O4/c1-5-22-10-6-12-26-13-7-11-23(19(22)26)17-9-8-16(29-3)14-18(17)25(2)20(23)24(28,15-22)21(27)30-4/h6,8-10,14,19-20,28H,5,7,11-13,15H2,1-4H3/t19-,20-,22+,23-,24-/m1/s1. The molecule has 0 bridgehead atoms. The molecule has 1 saturated heterocycles. The van der Waals surface area contributed by atoms with Gasteiger partial charge in [-0.1, -0.05) is 25.1 Å². The van der Waals surface area contributed by atoms with Crippen molar-refractivity contribution in [2.45, 2.75) is 55.7 Å². The van der Waals surface area contributed by atoms with Crippen molar-refractivity contribution in [3.05, 3.63) is 35.9 Å². The van der Waals surface area contributed by atoms with Crippen molar-refractivity contribution in [2.75, 3.05) is 39.3 Å². The highest BCUT2D eigenvalue weighted by molar-refractivity contribution is 5.85. The molecule has 1 aromatic rings. The van der Waals surface area contributed by atoms with Crippen LogP contribution in [0.4, 0.5) is 5.69 Å². The van der Waals surface area contributed by atoms with E-state index >= 15 is 0 Å². The molecule has 3 aliphatic heterocycles. The first kappa shape index (κ1) is 19.9. The van der Waals surface area contributed by atoms with E-state index in [1.54, 1.807) is 7.11 Å². The van der Waals surface area contributed by atoms with E-state index < -0.39 is 11.6 Å². The van der Waals surface area contributed by atoms with Crippen LogP contribution in [0.5, 0.6) is 5.75 Å². The van der Waals surface area contributed by atoms with Crippen molar-refractivity contribution in [3.8, 4) is 5.75 Å². The minimum Gasteiger partial charge on any atom is -0.497 e. The summed E-state index contributed by atoms with van der Waals surface area (Å²) in [5.74, 6) is 0.260. The molecule has 162 valence electrons. The molecule has 0 amide bonds. The predicted molar refractivity (Wildman–Crippen MR) is 115 cm³/mol. The molecule has 3 heterocycles. The normalized spacial score (nSPS) is 39.2. The van der Waals surface area contributed by atoms with Gasteiger partial charge in [0.2, 0.25) is 0 Å². The lowest BCUT2D eigenvalue weighted by atomic mass is 9.46. The number of hydrogen-bond donors (Lipinski definition) is 1. The van der Waals surface area contributed by atoms with Gasteiger partial charge in [-0.2, -0.15) is 0 Å². The van der Waals surface area contributed by atoms with E-state index in [-0.39, 0.29) is 22.9 Å². The molecule has 1 N–H and O–H groups in total. The average molecular weight is 413 g/mol. The fourth-order valence-electron chi connectivity index (χ4n) is 7.57. The smallest absolute Gasteiger partial charge is 0.340 e. The number of aliphatic hydroxyl groups is 1. The largest absolute Gasteiger partial charge is 0.497 e. The van der Waals surface area contributed by atoms with Gasteiger partial charge in [-0.3, -0.25) is 4.90 Å². The Kier molecular flexibility index (Phi) is 4.29. The highest BCUT2D eigenvalue weighted by Gasteiger charge is 2.74. The summed E-state index contributed by atoms with van der Waals surface area (Å²) in [7, 11) is 5.05. The van der Waals surface area contributed by atoms with Crippen LogP contribution >= 0.6 is 0 Å². The van der Waals surface area contributed by atoms with Crippen molar-refractivity contribution in [3.63, 3.8) is 0 Å². The Hall–Kier alpha value is -2.05. The summed E-state index contributed by atoms with van der Waals surface area (Å²) in [6, 6.07) is 6.08. The minimum atomic E-state index is -1.59.